The lowest BCUT2D eigenvalue weighted by atomic mass is 10.0. The Morgan fingerprint density at radius 2 is 1.50 bits per heavy atom. The smallest absolute Gasteiger partial charge is 0.337 e. The van der Waals surface area contributed by atoms with E-state index in [9.17, 15) is 4.79 Å². The van der Waals surface area contributed by atoms with Crippen molar-refractivity contribution < 1.29 is 14.3 Å². The van der Waals surface area contributed by atoms with Crippen molar-refractivity contribution in [3.63, 3.8) is 0 Å². The summed E-state index contributed by atoms with van der Waals surface area (Å²) >= 11 is 0. The molecule has 20 heavy (non-hydrogen) atoms. The minimum atomic E-state index is -0.315. The Morgan fingerprint density at radius 1 is 0.950 bits per heavy atom. The van der Waals surface area contributed by atoms with Crippen molar-refractivity contribution in [2.75, 3.05) is 7.11 Å². The fourth-order valence-electron chi connectivity index (χ4n) is 2.02. The van der Waals surface area contributed by atoms with Gasteiger partial charge < -0.3 is 9.47 Å². The number of hydrogen-bond donors (Lipinski definition) is 0. The monoisotopic (exact) mass is 268 g/mol. The van der Waals surface area contributed by atoms with Crippen LogP contribution in [-0.2, 0) is 4.74 Å². The second kappa shape index (κ2) is 5.37. The third-order valence-electron chi connectivity index (χ3n) is 3.32. The molecule has 0 unspecified atom stereocenters. The van der Waals surface area contributed by atoms with Gasteiger partial charge in [0.15, 0.2) is 0 Å². The van der Waals surface area contributed by atoms with Crippen LogP contribution in [-0.4, -0.2) is 19.2 Å². The average molecular weight is 268 g/mol. The van der Waals surface area contributed by atoms with Crippen LogP contribution in [0.15, 0.2) is 48.5 Å². The maximum absolute atomic E-state index is 11.4. The highest BCUT2D eigenvalue weighted by Gasteiger charge is 2.23. The summed E-state index contributed by atoms with van der Waals surface area (Å²) in [5.41, 5.74) is 2.73. The molecule has 3 heteroatoms. The van der Waals surface area contributed by atoms with Crippen molar-refractivity contribution in [2.45, 2.75) is 18.9 Å². The lowest BCUT2D eigenvalue weighted by molar-refractivity contribution is 0.0601. The SMILES string of the molecule is COC(=O)c1ccc(-c2ccc(OC3CC3)cc2)cc1. The van der Waals surface area contributed by atoms with Gasteiger partial charge in [0.2, 0.25) is 0 Å². The molecule has 0 bridgehead atoms. The van der Waals surface area contributed by atoms with Gasteiger partial charge in [-0.1, -0.05) is 24.3 Å². The Morgan fingerprint density at radius 3 is 2.00 bits per heavy atom. The molecule has 1 fully saturated rings. The Labute approximate surface area is 118 Å². The highest BCUT2D eigenvalue weighted by Crippen LogP contribution is 2.28. The van der Waals surface area contributed by atoms with Crippen molar-refractivity contribution in [2.24, 2.45) is 0 Å². The van der Waals surface area contributed by atoms with Gasteiger partial charge in [0.1, 0.15) is 5.75 Å². The minimum Gasteiger partial charge on any atom is -0.490 e. The van der Waals surface area contributed by atoms with E-state index < -0.39 is 0 Å². The van der Waals surface area contributed by atoms with E-state index in [2.05, 4.69) is 4.74 Å². The van der Waals surface area contributed by atoms with Crippen LogP contribution in [0.4, 0.5) is 0 Å². The fraction of sp³-hybridized carbons (Fsp3) is 0.235. The zero-order valence-corrected chi connectivity index (χ0v) is 11.3. The Kier molecular flexibility index (Phi) is 3.42. The van der Waals surface area contributed by atoms with E-state index in [1.54, 1.807) is 12.1 Å². The molecule has 0 amide bonds. The highest BCUT2D eigenvalue weighted by atomic mass is 16.5. The Bertz CT molecular complexity index is 595. The van der Waals surface area contributed by atoms with Crippen LogP contribution in [0.3, 0.4) is 0 Å². The summed E-state index contributed by atoms with van der Waals surface area (Å²) in [6.45, 7) is 0. The molecular formula is C17H16O3. The Balaban J connectivity index is 1.76. The zero-order chi connectivity index (χ0) is 13.9. The van der Waals surface area contributed by atoms with Gasteiger partial charge in [-0.3, -0.25) is 0 Å². The van der Waals surface area contributed by atoms with Gasteiger partial charge in [-0.25, -0.2) is 4.79 Å². The molecule has 2 aromatic rings. The van der Waals surface area contributed by atoms with Gasteiger partial charge in [0.25, 0.3) is 0 Å². The predicted octanol–water partition coefficient (Wildman–Crippen LogP) is 3.68. The number of carbonyl (C=O) groups is 1. The van der Waals surface area contributed by atoms with E-state index in [4.69, 9.17) is 4.74 Å². The van der Waals surface area contributed by atoms with Gasteiger partial charge in [-0.15, -0.1) is 0 Å². The molecule has 1 aliphatic rings. The molecule has 102 valence electrons. The molecule has 0 N–H and O–H groups in total. The zero-order valence-electron chi connectivity index (χ0n) is 11.3. The number of carbonyl (C=O) groups excluding carboxylic acids is 1. The predicted molar refractivity (Wildman–Crippen MR) is 76.9 cm³/mol. The molecular weight excluding hydrogens is 252 g/mol. The number of hydrogen-bond acceptors (Lipinski definition) is 3. The maximum Gasteiger partial charge on any atom is 0.337 e. The number of methoxy groups -OCH3 is 1. The highest BCUT2D eigenvalue weighted by molar-refractivity contribution is 5.89. The van der Waals surface area contributed by atoms with E-state index in [1.165, 1.54) is 7.11 Å². The third kappa shape index (κ3) is 2.82. The molecule has 1 aliphatic carbocycles. The van der Waals surface area contributed by atoms with Crippen molar-refractivity contribution in [3.8, 4) is 16.9 Å². The van der Waals surface area contributed by atoms with Crippen molar-refractivity contribution in [1.29, 1.82) is 0 Å². The summed E-state index contributed by atoms with van der Waals surface area (Å²) in [5.74, 6) is 0.604. The van der Waals surface area contributed by atoms with Gasteiger partial charge in [-0.05, 0) is 48.2 Å². The number of ether oxygens (including phenoxy) is 2. The quantitative estimate of drug-likeness (QED) is 0.793. The largest absolute Gasteiger partial charge is 0.490 e. The molecule has 0 heterocycles. The van der Waals surface area contributed by atoms with E-state index in [0.717, 1.165) is 29.7 Å². The molecule has 2 aromatic carbocycles. The van der Waals surface area contributed by atoms with Crippen molar-refractivity contribution >= 4 is 5.97 Å². The third-order valence-corrected chi connectivity index (χ3v) is 3.32. The molecule has 3 rings (SSSR count). The first-order valence-corrected chi connectivity index (χ1v) is 6.72. The summed E-state index contributed by atoms with van der Waals surface area (Å²) in [6, 6.07) is 15.4. The van der Waals surface area contributed by atoms with Crippen LogP contribution in [0.2, 0.25) is 0 Å². The molecule has 1 saturated carbocycles. The topological polar surface area (TPSA) is 35.5 Å². The van der Waals surface area contributed by atoms with Gasteiger partial charge in [0, 0.05) is 0 Å². The molecule has 0 aliphatic heterocycles. The summed E-state index contributed by atoms with van der Waals surface area (Å²) in [5, 5.41) is 0. The van der Waals surface area contributed by atoms with Crippen molar-refractivity contribution in [1.82, 2.24) is 0 Å². The van der Waals surface area contributed by atoms with E-state index >= 15 is 0 Å². The molecule has 3 nitrogen and oxygen atoms in total. The van der Waals surface area contributed by atoms with E-state index in [1.807, 2.05) is 36.4 Å². The second-order valence-electron chi connectivity index (χ2n) is 4.91. The molecule has 0 spiro atoms. The first-order chi connectivity index (χ1) is 9.76. The second-order valence-corrected chi connectivity index (χ2v) is 4.91. The summed E-state index contributed by atoms with van der Waals surface area (Å²) in [4.78, 5) is 11.4. The summed E-state index contributed by atoms with van der Waals surface area (Å²) in [6.07, 6.45) is 2.74. The molecule has 0 atom stereocenters. The van der Waals surface area contributed by atoms with Crippen LogP contribution >= 0.6 is 0 Å². The normalized spacial score (nSPS) is 13.8. The summed E-state index contributed by atoms with van der Waals surface area (Å²) < 4.78 is 10.4. The summed E-state index contributed by atoms with van der Waals surface area (Å²) in [7, 11) is 1.38. The van der Waals surface area contributed by atoms with E-state index in [0.29, 0.717) is 11.7 Å². The average Bonchev–Trinajstić information content (AvgIpc) is 3.31. The van der Waals surface area contributed by atoms with Crippen molar-refractivity contribution in [3.05, 3.63) is 54.1 Å². The Hall–Kier alpha value is -2.29. The van der Waals surface area contributed by atoms with Gasteiger partial charge >= 0.3 is 5.97 Å². The first kappa shape index (κ1) is 12.7. The fourth-order valence-corrected chi connectivity index (χ4v) is 2.02. The van der Waals surface area contributed by atoms with Crippen LogP contribution in [0, 0.1) is 0 Å². The molecule has 0 radical (unpaired) electrons. The lowest BCUT2D eigenvalue weighted by Gasteiger charge is -2.06. The number of benzene rings is 2. The van der Waals surface area contributed by atoms with Crippen LogP contribution in [0.5, 0.6) is 5.75 Å². The number of rotatable bonds is 4. The van der Waals surface area contributed by atoms with Crippen LogP contribution in [0.25, 0.3) is 11.1 Å². The molecule has 0 aromatic heterocycles. The van der Waals surface area contributed by atoms with Gasteiger partial charge in [-0.2, -0.15) is 0 Å². The minimum absolute atomic E-state index is 0.315. The van der Waals surface area contributed by atoms with Gasteiger partial charge in [0.05, 0.1) is 18.8 Å². The first-order valence-electron chi connectivity index (χ1n) is 6.72. The van der Waals surface area contributed by atoms with Crippen LogP contribution in [0.1, 0.15) is 23.2 Å². The van der Waals surface area contributed by atoms with Crippen LogP contribution < -0.4 is 4.74 Å². The van der Waals surface area contributed by atoms with E-state index in [-0.39, 0.29) is 5.97 Å². The maximum atomic E-state index is 11.4. The number of esters is 1. The molecule has 0 saturated heterocycles. The lowest BCUT2D eigenvalue weighted by Crippen LogP contribution is -2.00. The standard InChI is InChI=1S/C17H16O3/c1-19-17(18)14-4-2-12(3-5-14)13-6-8-15(9-7-13)20-16-10-11-16/h2-9,16H,10-11H2,1H3.